The lowest BCUT2D eigenvalue weighted by atomic mass is 9.78. The molecule has 0 bridgehead atoms. The summed E-state index contributed by atoms with van der Waals surface area (Å²) < 4.78 is 1.00. The zero-order chi connectivity index (χ0) is 16.8. The van der Waals surface area contributed by atoms with Gasteiger partial charge >= 0.3 is 0 Å². The van der Waals surface area contributed by atoms with Gasteiger partial charge in [-0.2, -0.15) is 0 Å². The normalized spacial score (nSPS) is 23.9. The molecule has 126 valence electrons. The van der Waals surface area contributed by atoms with Crippen molar-refractivity contribution < 1.29 is 4.79 Å². The highest BCUT2D eigenvalue weighted by Gasteiger charge is 2.27. The van der Waals surface area contributed by atoms with Crippen LogP contribution < -0.4 is 16.2 Å². The van der Waals surface area contributed by atoms with Crippen LogP contribution in [0.15, 0.2) is 28.7 Å². The van der Waals surface area contributed by atoms with Crippen LogP contribution in [-0.4, -0.2) is 17.1 Å². The minimum absolute atomic E-state index is 0.110. The van der Waals surface area contributed by atoms with Crippen LogP contribution in [0.1, 0.15) is 38.7 Å². The summed E-state index contributed by atoms with van der Waals surface area (Å²) in [4.78, 5) is 11.9. The van der Waals surface area contributed by atoms with Crippen molar-refractivity contribution >= 4 is 39.2 Å². The van der Waals surface area contributed by atoms with E-state index in [2.05, 4.69) is 45.9 Å². The maximum atomic E-state index is 11.9. The smallest absolute Gasteiger partial charge is 0.242 e. The van der Waals surface area contributed by atoms with Crippen LogP contribution in [0, 0.1) is 11.8 Å². The fraction of sp³-hybridized carbons (Fsp3) is 0.529. The van der Waals surface area contributed by atoms with Crippen molar-refractivity contribution in [2.75, 3.05) is 0 Å². The van der Waals surface area contributed by atoms with Crippen LogP contribution in [0.3, 0.4) is 0 Å². The van der Waals surface area contributed by atoms with E-state index < -0.39 is 0 Å². The van der Waals surface area contributed by atoms with Crippen molar-refractivity contribution in [2.24, 2.45) is 11.8 Å². The number of halogens is 1. The van der Waals surface area contributed by atoms with E-state index in [0.29, 0.717) is 29.4 Å². The van der Waals surface area contributed by atoms with Gasteiger partial charge in [-0.25, -0.2) is 0 Å². The molecule has 3 N–H and O–H groups in total. The zero-order valence-corrected chi connectivity index (χ0v) is 16.0. The molecule has 2 rings (SSSR count). The molecule has 1 aliphatic rings. The first-order valence-corrected chi connectivity index (χ1v) is 9.25. The summed E-state index contributed by atoms with van der Waals surface area (Å²) in [5.74, 6) is 1.18. The molecule has 3 atom stereocenters. The Labute approximate surface area is 151 Å². The molecule has 1 amide bonds. The number of rotatable bonds is 3. The molecule has 1 fully saturated rings. The maximum Gasteiger partial charge on any atom is 0.242 e. The van der Waals surface area contributed by atoms with Gasteiger partial charge in [0.05, 0.1) is 6.42 Å². The second-order valence-electron chi connectivity index (χ2n) is 6.32. The minimum Gasteiger partial charge on any atom is -0.358 e. The molecular weight excluding hydrogens is 374 g/mol. The van der Waals surface area contributed by atoms with E-state index in [1.54, 1.807) is 0 Å². The summed E-state index contributed by atoms with van der Waals surface area (Å²) in [6, 6.07) is 8.07. The van der Waals surface area contributed by atoms with Gasteiger partial charge in [0.1, 0.15) is 0 Å². The molecule has 1 saturated carbocycles. The van der Waals surface area contributed by atoms with Crippen molar-refractivity contribution in [3.05, 3.63) is 34.3 Å². The molecule has 0 aliphatic heterocycles. The summed E-state index contributed by atoms with van der Waals surface area (Å²) >= 11 is 8.66. The Balaban J connectivity index is 1.73. The van der Waals surface area contributed by atoms with Crippen LogP contribution in [0.25, 0.3) is 0 Å². The van der Waals surface area contributed by atoms with Gasteiger partial charge in [0.2, 0.25) is 5.91 Å². The summed E-state index contributed by atoms with van der Waals surface area (Å²) in [6.45, 7) is 4.55. The van der Waals surface area contributed by atoms with Crippen molar-refractivity contribution in [3.8, 4) is 0 Å². The second-order valence-corrected chi connectivity index (χ2v) is 7.65. The van der Waals surface area contributed by atoms with E-state index in [1.807, 2.05) is 24.3 Å². The third-order valence-electron chi connectivity index (χ3n) is 4.62. The van der Waals surface area contributed by atoms with Crippen LogP contribution in [0.4, 0.5) is 0 Å². The number of amides is 1. The predicted octanol–water partition coefficient (Wildman–Crippen LogP) is 3.31. The summed E-state index contributed by atoms with van der Waals surface area (Å²) in [5.41, 5.74) is 6.42. The Hall–Kier alpha value is -1.14. The number of carbonyl (C=O) groups excluding carboxylic acids is 1. The Bertz CT molecular complexity index is 549. The molecule has 4 nitrogen and oxygen atoms in total. The average molecular weight is 398 g/mol. The van der Waals surface area contributed by atoms with Crippen LogP contribution in [0.5, 0.6) is 0 Å². The van der Waals surface area contributed by atoms with Gasteiger partial charge in [0, 0.05) is 10.5 Å². The lowest BCUT2D eigenvalue weighted by molar-refractivity contribution is -0.121. The molecule has 0 unspecified atom stereocenters. The van der Waals surface area contributed by atoms with Crippen molar-refractivity contribution in [1.82, 2.24) is 16.2 Å². The Morgan fingerprint density at radius 1 is 1.22 bits per heavy atom. The van der Waals surface area contributed by atoms with E-state index in [4.69, 9.17) is 12.2 Å². The molecule has 0 radical (unpaired) electrons. The lowest BCUT2D eigenvalue weighted by Crippen LogP contribution is -2.52. The molecule has 0 saturated heterocycles. The number of carbonyl (C=O) groups is 1. The first-order chi connectivity index (χ1) is 11.0. The quantitative estimate of drug-likeness (QED) is 0.540. The van der Waals surface area contributed by atoms with Gasteiger partial charge < -0.3 is 5.32 Å². The first-order valence-electron chi connectivity index (χ1n) is 8.05. The van der Waals surface area contributed by atoms with Gasteiger partial charge in [0.25, 0.3) is 0 Å². The largest absolute Gasteiger partial charge is 0.358 e. The highest BCUT2D eigenvalue weighted by atomic mass is 79.9. The molecule has 23 heavy (non-hydrogen) atoms. The molecular formula is C17H24BrN3OS. The van der Waals surface area contributed by atoms with Crippen molar-refractivity contribution in [2.45, 2.75) is 45.6 Å². The number of benzene rings is 1. The number of thiocarbonyl (C=S) groups is 1. The van der Waals surface area contributed by atoms with Crippen LogP contribution >= 0.6 is 28.1 Å². The average Bonchev–Trinajstić information content (AvgIpc) is 2.52. The Morgan fingerprint density at radius 3 is 2.61 bits per heavy atom. The van der Waals surface area contributed by atoms with Gasteiger partial charge in [-0.1, -0.05) is 54.8 Å². The summed E-state index contributed by atoms with van der Waals surface area (Å²) in [5, 5.41) is 3.81. The number of hydrogen-bond acceptors (Lipinski definition) is 2. The SMILES string of the molecule is C[C@H]1[C@@H](NC(=S)NNC(=O)Cc2ccc(Br)cc2)CCC[C@@H]1C. The van der Waals surface area contributed by atoms with Crippen molar-refractivity contribution in [1.29, 1.82) is 0 Å². The van der Waals surface area contributed by atoms with E-state index >= 15 is 0 Å². The zero-order valence-electron chi connectivity index (χ0n) is 13.6. The van der Waals surface area contributed by atoms with Crippen LogP contribution in [0.2, 0.25) is 0 Å². The van der Waals surface area contributed by atoms with E-state index in [1.165, 1.54) is 12.8 Å². The Kier molecular flexibility index (Phi) is 6.84. The predicted molar refractivity (Wildman–Crippen MR) is 101 cm³/mol. The maximum absolute atomic E-state index is 11.9. The fourth-order valence-electron chi connectivity index (χ4n) is 2.95. The van der Waals surface area contributed by atoms with Gasteiger partial charge in [-0.3, -0.25) is 15.6 Å². The third-order valence-corrected chi connectivity index (χ3v) is 5.37. The first kappa shape index (κ1) is 18.2. The summed E-state index contributed by atoms with van der Waals surface area (Å²) in [7, 11) is 0. The molecule has 1 aliphatic carbocycles. The highest BCUT2D eigenvalue weighted by Crippen LogP contribution is 2.29. The standard InChI is InChI=1S/C17H24BrN3OS/c1-11-4-3-5-15(12(11)2)19-17(23)21-20-16(22)10-13-6-8-14(18)9-7-13/h6-9,11-12,15H,3-5,10H2,1-2H3,(H,20,22)(H2,19,21,23)/t11-,12+,15-/m0/s1. The molecule has 6 heteroatoms. The third kappa shape index (κ3) is 5.77. The monoisotopic (exact) mass is 397 g/mol. The highest BCUT2D eigenvalue weighted by molar-refractivity contribution is 9.10. The fourth-order valence-corrected chi connectivity index (χ4v) is 3.42. The minimum atomic E-state index is -0.110. The molecule has 0 heterocycles. The molecule has 1 aromatic carbocycles. The molecule has 1 aromatic rings. The van der Waals surface area contributed by atoms with E-state index in [9.17, 15) is 4.79 Å². The van der Waals surface area contributed by atoms with E-state index in [-0.39, 0.29) is 5.91 Å². The van der Waals surface area contributed by atoms with Crippen LogP contribution in [-0.2, 0) is 11.2 Å². The summed E-state index contributed by atoms with van der Waals surface area (Å²) in [6.07, 6.45) is 3.95. The van der Waals surface area contributed by atoms with Gasteiger partial charge in [-0.15, -0.1) is 0 Å². The number of nitrogens with one attached hydrogen (secondary N) is 3. The van der Waals surface area contributed by atoms with Crippen molar-refractivity contribution in [3.63, 3.8) is 0 Å². The topological polar surface area (TPSA) is 53.2 Å². The molecule has 0 aromatic heterocycles. The molecule has 0 spiro atoms. The van der Waals surface area contributed by atoms with Gasteiger partial charge in [-0.05, 0) is 48.2 Å². The second kappa shape index (κ2) is 8.64. The van der Waals surface area contributed by atoms with E-state index in [0.717, 1.165) is 16.5 Å². The number of hydrazine groups is 1. The van der Waals surface area contributed by atoms with Gasteiger partial charge in [0.15, 0.2) is 5.11 Å². The number of hydrogen-bond donors (Lipinski definition) is 3. The Morgan fingerprint density at radius 2 is 1.91 bits per heavy atom. The lowest BCUT2D eigenvalue weighted by Gasteiger charge is -2.35.